The number of hydrogen-bond acceptors (Lipinski definition) is 2. The molecule has 0 saturated heterocycles. The number of carbonyl (C=O) groups is 1. The van der Waals surface area contributed by atoms with Gasteiger partial charge in [-0.1, -0.05) is 31.7 Å². The van der Waals surface area contributed by atoms with Crippen LogP contribution < -0.4 is 10.6 Å². The van der Waals surface area contributed by atoms with Crippen molar-refractivity contribution in [3.63, 3.8) is 0 Å². The molecule has 0 atom stereocenters. The van der Waals surface area contributed by atoms with Crippen LogP contribution in [0.3, 0.4) is 0 Å². The van der Waals surface area contributed by atoms with E-state index < -0.39 is 29.0 Å². The van der Waals surface area contributed by atoms with Crippen LogP contribution in [0.5, 0.6) is 0 Å². The van der Waals surface area contributed by atoms with Crippen LogP contribution in [0.15, 0.2) is 18.2 Å². The molecule has 0 aromatic heterocycles. The molecule has 6 heteroatoms. The summed E-state index contributed by atoms with van der Waals surface area (Å²) in [5, 5.41) is 15.0. The lowest BCUT2D eigenvalue weighted by Crippen LogP contribution is -2.44. The third kappa shape index (κ3) is 4.39. The number of hydrogen-bond donors (Lipinski definition) is 3. The molecule has 4 nitrogen and oxygen atoms in total. The van der Waals surface area contributed by atoms with Gasteiger partial charge < -0.3 is 15.7 Å². The van der Waals surface area contributed by atoms with Crippen molar-refractivity contribution in [3.05, 3.63) is 29.8 Å². The second-order valence-electron chi connectivity index (χ2n) is 5.54. The molecule has 0 unspecified atom stereocenters. The SMILES string of the molecule is O=C(NCC1(O)CCCCCC1)Nc1c(F)cccc1F. The van der Waals surface area contributed by atoms with E-state index >= 15 is 0 Å². The average molecular weight is 298 g/mol. The highest BCUT2D eigenvalue weighted by molar-refractivity contribution is 5.89. The van der Waals surface area contributed by atoms with Gasteiger partial charge in [0.1, 0.15) is 17.3 Å². The number of nitrogens with one attached hydrogen (secondary N) is 2. The molecule has 2 amide bonds. The number of anilines is 1. The van der Waals surface area contributed by atoms with Gasteiger partial charge in [-0.25, -0.2) is 13.6 Å². The van der Waals surface area contributed by atoms with Gasteiger partial charge in [-0.05, 0) is 25.0 Å². The lowest BCUT2D eigenvalue weighted by atomic mass is 9.95. The summed E-state index contributed by atoms with van der Waals surface area (Å²) in [5.41, 5.74) is -1.41. The average Bonchev–Trinajstić information content (AvgIpc) is 2.66. The van der Waals surface area contributed by atoms with E-state index in [0.717, 1.165) is 37.8 Å². The maximum absolute atomic E-state index is 13.4. The number of amides is 2. The van der Waals surface area contributed by atoms with Gasteiger partial charge in [-0.3, -0.25) is 0 Å². The number of carbonyl (C=O) groups excluding carboxylic acids is 1. The summed E-state index contributed by atoms with van der Waals surface area (Å²) in [7, 11) is 0. The van der Waals surface area contributed by atoms with E-state index in [0.29, 0.717) is 12.8 Å². The fourth-order valence-corrected chi connectivity index (χ4v) is 2.58. The van der Waals surface area contributed by atoms with E-state index in [9.17, 15) is 18.7 Å². The molecule has 3 N–H and O–H groups in total. The molecular formula is C15H20F2N2O2. The molecule has 1 aliphatic rings. The predicted octanol–water partition coefficient (Wildman–Crippen LogP) is 3.17. The van der Waals surface area contributed by atoms with Crippen molar-refractivity contribution in [1.82, 2.24) is 5.32 Å². The standard InChI is InChI=1S/C15H20F2N2O2/c16-11-6-5-7-12(17)13(11)19-14(20)18-10-15(21)8-3-1-2-4-9-15/h5-7,21H,1-4,8-10H2,(H2,18,19,20). The topological polar surface area (TPSA) is 61.4 Å². The van der Waals surface area contributed by atoms with E-state index in [4.69, 9.17) is 0 Å². The molecule has 1 aromatic rings. The molecule has 0 spiro atoms. The lowest BCUT2D eigenvalue weighted by Gasteiger charge is -2.26. The van der Waals surface area contributed by atoms with Crippen molar-refractivity contribution in [2.24, 2.45) is 0 Å². The molecule has 0 heterocycles. The Morgan fingerprint density at radius 2 is 1.71 bits per heavy atom. The Kier molecular flexibility index (Phi) is 5.12. The molecule has 1 aromatic carbocycles. The van der Waals surface area contributed by atoms with E-state index in [1.54, 1.807) is 0 Å². The van der Waals surface area contributed by atoms with Crippen LogP contribution in [0.4, 0.5) is 19.3 Å². The first-order valence-electron chi connectivity index (χ1n) is 7.21. The molecule has 2 rings (SSSR count). The third-order valence-electron chi connectivity index (χ3n) is 3.81. The van der Waals surface area contributed by atoms with Crippen molar-refractivity contribution in [3.8, 4) is 0 Å². The normalized spacial score (nSPS) is 17.9. The smallest absolute Gasteiger partial charge is 0.319 e. The highest BCUT2D eigenvalue weighted by Crippen LogP contribution is 2.26. The van der Waals surface area contributed by atoms with E-state index in [2.05, 4.69) is 10.6 Å². The van der Waals surface area contributed by atoms with E-state index in [-0.39, 0.29) is 6.54 Å². The summed E-state index contributed by atoms with van der Waals surface area (Å²) >= 11 is 0. The second-order valence-corrected chi connectivity index (χ2v) is 5.54. The van der Waals surface area contributed by atoms with Crippen LogP contribution >= 0.6 is 0 Å². The van der Waals surface area contributed by atoms with Crippen molar-refractivity contribution >= 4 is 11.7 Å². The number of halogens is 2. The first kappa shape index (κ1) is 15.7. The Labute approximate surface area is 122 Å². The number of aliphatic hydroxyl groups is 1. The molecule has 1 aliphatic carbocycles. The van der Waals surface area contributed by atoms with Gasteiger partial charge >= 0.3 is 6.03 Å². The van der Waals surface area contributed by atoms with Gasteiger partial charge in [-0.15, -0.1) is 0 Å². The van der Waals surface area contributed by atoms with E-state index in [1.165, 1.54) is 6.07 Å². The fraction of sp³-hybridized carbons (Fsp3) is 0.533. The summed E-state index contributed by atoms with van der Waals surface area (Å²) in [6.45, 7) is 0.0783. The Morgan fingerprint density at radius 1 is 1.14 bits per heavy atom. The molecule has 1 fully saturated rings. The summed E-state index contributed by atoms with van der Waals surface area (Å²) < 4.78 is 26.8. The van der Waals surface area contributed by atoms with Crippen molar-refractivity contribution in [2.45, 2.75) is 44.1 Å². The van der Waals surface area contributed by atoms with Gasteiger partial charge in [0, 0.05) is 6.54 Å². The van der Waals surface area contributed by atoms with Crippen LogP contribution in [0.1, 0.15) is 38.5 Å². The minimum Gasteiger partial charge on any atom is -0.388 e. The Morgan fingerprint density at radius 3 is 2.29 bits per heavy atom. The number of benzene rings is 1. The molecule has 21 heavy (non-hydrogen) atoms. The summed E-state index contributed by atoms with van der Waals surface area (Å²) in [6.07, 6.45) is 5.25. The Bertz CT molecular complexity index is 480. The van der Waals surface area contributed by atoms with Crippen LogP contribution in [0.25, 0.3) is 0 Å². The summed E-state index contributed by atoms with van der Waals surface area (Å²) in [5.74, 6) is -1.67. The second kappa shape index (κ2) is 6.85. The van der Waals surface area contributed by atoms with E-state index in [1.807, 2.05) is 0 Å². The van der Waals surface area contributed by atoms with Gasteiger partial charge in [-0.2, -0.15) is 0 Å². The fourth-order valence-electron chi connectivity index (χ4n) is 2.58. The van der Waals surface area contributed by atoms with Crippen molar-refractivity contribution in [2.75, 3.05) is 11.9 Å². The van der Waals surface area contributed by atoms with Crippen LogP contribution in [0.2, 0.25) is 0 Å². The number of urea groups is 1. The van der Waals surface area contributed by atoms with Crippen molar-refractivity contribution < 1.29 is 18.7 Å². The van der Waals surface area contributed by atoms with Gasteiger partial charge in [0.25, 0.3) is 0 Å². The maximum atomic E-state index is 13.4. The highest BCUT2D eigenvalue weighted by Gasteiger charge is 2.28. The van der Waals surface area contributed by atoms with Gasteiger partial charge in [0.05, 0.1) is 5.60 Å². The van der Waals surface area contributed by atoms with Crippen molar-refractivity contribution in [1.29, 1.82) is 0 Å². The minimum atomic E-state index is -0.929. The first-order chi connectivity index (χ1) is 10.0. The van der Waals surface area contributed by atoms with Gasteiger partial charge in [0.15, 0.2) is 0 Å². The zero-order chi connectivity index (χ0) is 15.3. The van der Waals surface area contributed by atoms with Crippen LogP contribution in [-0.4, -0.2) is 23.3 Å². The molecule has 116 valence electrons. The quantitative estimate of drug-likeness (QED) is 0.751. The predicted molar refractivity (Wildman–Crippen MR) is 76.0 cm³/mol. The Hall–Kier alpha value is -1.69. The number of rotatable bonds is 3. The molecule has 1 saturated carbocycles. The first-order valence-corrected chi connectivity index (χ1v) is 7.21. The molecule has 0 bridgehead atoms. The summed E-state index contributed by atoms with van der Waals surface area (Å²) in [6, 6.07) is 2.63. The highest BCUT2D eigenvalue weighted by atomic mass is 19.1. The molecular weight excluding hydrogens is 278 g/mol. The zero-order valence-corrected chi connectivity index (χ0v) is 11.8. The van der Waals surface area contributed by atoms with Gasteiger partial charge in [0.2, 0.25) is 0 Å². The summed E-state index contributed by atoms with van der Waals surface area (Å²) in [4.78, 5) is 11.7. The monoisotopic (exact) mass is 298 g/mol. The number of para-hydroxylation sites is 1. The zero-order valence-electron chi connectivity index (χ0n) is 11.8. The third-order valence-corrected chi connectivity index (χ3v) is 3.81. The Balaban J connectivity index is 1.90. The minimum absolute atomic E-state index is 0.0783. The van der Waals surface area contributed by atoms with Crippen LogP contribution in [-0.2, 0) is 0 Å². The maximum Gasteiger partial charge on any atom is 0.319 e. The largest absolute Gasteiger partial charge is 0.388 e. The van der Waals surface area contributed by atoms with Crippen LogP contribution in [0, 0.1) is 11.6 Å². The lowest BCUT2D eigenvalue weighted by molar-refractivity contribution is 0.0281. The molecule has 0 radical (unpaired) electrons. The molecule has 0 aliphatic heterocycles.